The van der Waals surface area contributed by atoms with Gasteiger partial charge in [-0.25, -0.2) is 0 Å². The first kappa shape index (κ1) is 13.9. The van der Waals surface area contributed by atoms with Crippen LogP contribution in [0.5, 0.6) is 0 Å². The molecule has 0 aromatic heterocycles. The summed E-state index contributed by atoms with van der Waals surface area (Å²) >= 11 is 0. The van der Waals surface area contributed by atoms with Crippen LogP contribution < -0.4 is 11.3 Å². The summed E-state index contributed by atoms with van der Waals surface area (Å²) in [6, 6.07) is 0.426. The van der Waals surface area contributed by atoms with Gasteiger partial charge in [0.25, 0.3) is 0 Å². The van der Waals surface area contributed by atoms with Crippen molar-refractivity contribution in [3.05, 3.63) is 0 Å². The van der Waals surface area contributed by atoms with Gasteiger partial charge in [-0.1, -0.05) is 26.7 Å². The number of hydrazine groups is 1. The van der Waals surface area contributed by atoms with Crippen LogP contribution in [0, 0.1) is 0 Å². The van der Waals surface area contributed by atoms with Crippen molar-refractivity contribution in [1.29, 1.82) is 0 Å². The Bertz CT molecular complexity index is 190. The predicted octanol–water partition coefficient (Wildman–Crippen LogP) is 2.27. The second kappa shape index (κ2) is 6.58. The van der Waals surface area contributed by atoms with Crippen LogP contribution in [0.15, 0.2) is 0 Å². The highest BCUT2D eigenvalue weighted by Crippen LogP contribution is 2.29. The molecular weight excluding hydrogens is 198 g/mol. The summed E-state index contributed by atoms with van der Waals surface area (Å²) in [5.41, 5.74) is 3.30. The first-order chi connectivity index (χ1) is 7.69. The summed E-state index contributed by atoms with van der Waals surface area (Å²) in [6.45, 7) is 9.39. The zero-order chi connectivity index (χ0) is 12.0. The van der Waals surface area contributed by atoms with Gasteiger partial charge in [0.1, 0.15) is 0 Å². The van der Waals surface area contributed by atoms with E-state index in [0.29, 0.717) is 6.04 Å². The number of hydrogen-bond donors (Lipinski definition) is 2. The molecule has 1 rings (SSSR count). The summed E-state index contributed by atoms with van der Waals surface area (Å²) < 4.78 is 0. The molecule has 1 heterocycles. The molecule has 0 aromatic rings. The van der Waals surface area contributed by atoms with Gasteiger partial charge in [-0.3, -0.25) is 16.2 Å². The second-order valence-electron chi connectivity index (χ2n) is 5.27. The summed E-state index contributed by atoms with van der Waals surface area (Å²) in [4.78, 5) is 2.63. The number of nitrogens with two attached hydrogens (primary N) is 1. The van der Waals surface area contributed by atoms with E-state index in [0.717, 1.165) is 0 Å². The highest BCUT2D eigenvalue weighted by atomic mass is 15.3. The Labute approximate surface area is 101 Å². The minimum atomic E-state index is 0.237. The fourth-order valence-electron chi connectivity index (χ4n) is 2.90. The topological polar surface area (TPSA) is 41.3 Å². The van der Waals surface area contributed by atoms with E-state index >= 15 is 0 Å². The number of likely N-dealkylation sites (tertiary alicyclic amines) is 1. The SMILES string of the molecule is CCCCC(NN)C(C)(CC)N1CCCC1. The normalized spacial score (nSPS) is 23.2. The smallest absolute Gasteiger partial charge is 0.0391 e. The third kappa shape index (κ3) is 2.96. The van der Waals surface area contributed by atoms with Gasteiger partial charge in [0, 0.05) is 11.6 Å². The molecule has 0 bridgehead atoms. The van der Waals surface area contributed by atoms with E-state index in [9.17, 15) is 0 Å². The maximum Gasteiger partial charge on any atom is 0.0391 e. The first-order valence-electron chi connectivity index (χ1n) is 6.90. The zero-order valence-electron chi connectivity index (χ0n) is 11.3. The molecule has 3 heteroatoms. The summed E-state index contributed by atoms with van der Waals surface area (Å²) in [5, 5.41) is 0. The highest BCUT2D eigenvalue weighted by molar-refractivity contribution is 4.96. The Hall–Kier alpha value is -0.120. The summed E-state index contributed by atoms with van der Waals surface area (Å²) in [5.74, 6) is 5.77. The average Bonchev–Trinajstić information content (AvgIpc) is 2.83. The number of nitrogens with zero attached hydrogens (tertiary/aromatic N) is 1. The molecule has 3 N–H and O–H groups in total. The molecule has 0 aromatic carbocycles. The summed E-state index contributed by atoms with van der Waals surface area (Å²) in [7, 11) is 0. The van der Waals surface area contributed by atoms with E-state index in [1.807, 2.05) is 0 Å². The molecule has 0 spiro atoms. The summed E-state index contributed by atoms with van der Waals surface area (Å²) in [6.07, 6.45) is 7.57. The van der Waals surface area contributed by atoms with Crippen LogP contribution in [0.1, 0.15) is 59.3 Å². The highest BCUT2D eigenvalue weighted by Gasteiger charge is 2.38. The number of unbranched alkanes of at least 4 members (excludes halogenated alkanes) is 1. The Balaban J connectivity index is 2.66. The number of rotatable bonds is 7. The molecule has 2 unspecified atom stereocenters. The Kier molecular flexibility index (Phi) is 5.73. The fraction of sp³-hybridized carbons (Fsp3) is 1.00. The molecule has 1 fully saturated rings. The van der Waals surface area contributed by atoms with Crippen molar-refractivity contribution >= 4 is 0 Å². The van der Waals surface area contributed by atoms with Gasteiger partial charge in [0.05, 0.1) is 0 Å². The number of nitrogens with one attached hydrogen (secondary N) is 1. The Morgan fingerprint density at radius 3 is 2.38 bits per heavy atom. The second-order valence-corrected chi connectivity index (χ2v) is 5.27. The van der Waals surface area contributed by atoms with Crippen molar-refractivity contribution in [2.45, 2.75) is 70.9 Å². The van der Waals surface area contributed by atoms with Gasteiger partial charge in [-0.2, -0.15) is 0 Å². The largest absolute Gasteiger partial charge is 0.296 e. The third-order valence-electron chi connectivity index (χ3n) is 4.34. The predicted molar refractivity (Wildman–Crippen MR) is 70.1 cm³/mol. The molecule has 1 aliphatic rings. The van der Waals surface area contributed by atoms with Crippen molar-refractivity contribution in [1.82, 2.24) is 10.3 Å². The van der Waals surface area contributed by atoms with Crippen LogP contribution in [0.2, 0.25) is 0 Å². The van der Waals surface area contributed by atoms with E-state index in [-0.39, 0.29) is 5.54 Å². The van der Waals surface area contributed by atoms with Crippen LogP contribution in [0.4, 0.5) is 0 Å². The maximum absolute atomic E-state index is 5.77. The van der Waals surface area contributed by atoms with E-state index < -0.39 is 0 Å². The van der Waals surface area contributed by atoms with Crippen molar-refractivity contribution in [2.24, 2.45) is 5.84 Å². The Morgan fingerprint density at radius 2 is 1.94 bits per heavy atom. The molecule has 16 heavy (non-hydrogen) atoms. The monoisotopic (exact) mass is 227 g/mol. The van der Waals surface area contributed by atoms with Gasteiger partial charge >= 0.3 is 0 Å². The molecule has 0 amide bonds. The lowest BCUT2D eigenvalue weighted by Crippen LogP contribution is -2.60. The molecule has 2 atom stereocenters. The van der Waals surface area contributed by atoms with E-state index in [1.54, 1.807) is 0 Å². The minimum Gasteiger partial charge on any atom is -0.296 e. The molecule has 0 radical (unpaired) electrons. The van der Waals surface area contributed by atoms with Crippen LogP contribution in [0.3, 0.4) is 0 Å². The molecule has 3 nitrogen and oxygen atoms in total. The van der Waals surface area contributed by atoms with Gasteiger partial charge in [0.2, 0.25) is 0 Å². The minimum absolute atomic E-state index is 0.237. The van der Waals surface area contributed by atoms with E-state index in [1.165, 1.54) is 51.6 Å². The van der Waals surface area contributed by atoms with Crippen molar-refractivity contribution in [2.75, 3.05) is 13.1 Å². The molecule has 1 aliphatic heterocycles. The van der Waals surface area contributed by atoms with Crippen LogP contribution in [0.25, 0.3) is 0 Å². The third-order valence-corrected chi connectivity index (χ3v) is 4.34. The number of hydrogen-bond acceptors (Lipinski definition) is 3. The molecule has 96 valence electrons. The molecule has 1 saturated heterocycles. The maximum atomic E-state index is 5.77. The molecule has 0 aliphatic carbocycles. The first-order valence-corrected chi connectivity index (χ1v) is 6.90. The molecule has 0 saturated carbocycles. The van der Waals surface area contributed by atoms with Crippen molar-refractivity contribution in [3.8, 4) is 0 Å². The zero-order valence-corrected chi connectivity index (χ0v) is 11.3. The van der Waals surface area contributed by atoms with Gasteiger partial charge in [-0.15, -0.1) is 0 Å². The standard InChI is InChI=1S/C13H29N3/c1-4-6-9-12(15-14)13(3,5-2)16-10-7-8-11-16/h12,15H,4-11,14H2,1-3H3. The average molecular weight is 227 g/mol. The van der Waals surface area contributed by atoms with Gasteiger partial charge in [0.15, 0.2) is 0 Å². The van der Waals surface area contributed by atoms with Crippen LogP contribution >= 0.6 is 0 Å². The van der Waals surface area contributed by atoms with Gasteiger partial charge < -0.3 is 0 Å². The fourth-order valence-corrected chi connectivity index (χ4v) is 2.90. The Morgan fingerprint density at radius 1 is 1.31 bits per heavy atom. The lowest BCUT2D eigenvalue weighted by Gasteiger charge is -2.44. The lowest BCUT2D eigenvalue weighted by molar-refractivity contribution is 0.0793. The van der Waals surface area contributed by atoms with E-state index in [4.69, 9.17) is 5.84 Å². The van der Waals surface area contributed by atoms with E-state index in [2.05, 4.69) is 31.1 Å². The van der Waals surface area contributed by atoms with Crippen molar-refractivity contribution < 1.29 is 0 Å². The molecular formula is C13H29N3. The van der Waals surface area contributed by atoms with Crippen molar-refractivity contribution in [3.63, 3.8) is 0 Å². The van der Waals surface area contributed by atoms with Crippen LogP contribution in [-0.2, 0) is 0 Å². The van der Waals surface area contributed by atoms with Gasteiger partial charge in [-0.05, 0) is 45.7 Å². The quantitative estimate of drug-likeness (QED) is 0.518. The van der Waals surface area contributed by atoms with Crippen LogP contribution in [-0.4, -0.2) is 29.6 Å². The lowest BCUT2D eigenvalue weighted by atomic mass is 9.85.